The van der Waals surface area contributed by atoms with Crippen molar-refractivity contribution in [3.63, 3.8) is 0 Å². The van der Waals surface area contributed by atoms with Gasteiger partial charge in [-0.1, -0.05) is 18.2 Å². The molecule has 1 atom stereocenters. The van der Waals surface area contributed by atoms with Crippen LogP contribution in [0.1, 0.15) is 0 Å². The molecule has 1 aliphatic heterocycles. The Balaban J connectivity index is 2.19. The van der Waals surface area contributed by atoms with Crippen molar-refractivity contribution in [2.45, 2.75) is 6.04 Å². The predicted molar refractivity (Wildman–Crippen MR) is 56.5 cm³/mol. The zero-order valence-electron chi connectivity index (χ0n) is 8.02. The predicted octanol–water partition coefficient (Wildman–Crippen LogP) is 0.664. The molecular weight excluding hydrogens is 176 g/mol. The molecule has 74 valence electrons. The van der Waals surface area contributed by atoms with Crippen molar-refractivity contribution >= 4 is 12.0 Å². The second-order valence-corrected chi connectivity index (χ2v) is 3.44. The molecule has 0 amide bonds. The number of carbonyl (C=O) groups excluding carboxylic acids is 1. The van der Waals surface area contributed by atoms with E-state index in [2.05, 4.69) is 10.2 Å². The van der Waals surface area contributed by atoms with Gasteiger partial charge < -0.3 is 15.0 Å². The lowest BCUT2D eigenvalue weighted by atomic mass is 10.2. The highest BCUT2D eigenvalue weighted by molar-refractivity contribution is 5.67. The first kappa shape index (κ1) is 9.21. The lowest BCUT2D eigenvalue weighted by Crippen LogP contribution is -2.52. The summed E-state index contributed by atoms with van der Waals surface area (Å²) in [6, 6.07) is 10.1. The Labute approximate surface area is 83.7 Å². The van der Waals surface area contributed by atoms with E-state index in [-0.39, 0.29) is 6.04 Å². The number of anilines is 1. The van der Waals surface area contributed by atoms with Gasteiger partial charge in [0.15, 0.2) is 0 Å². The maximum Gasteiger partial charge on any atom is 0.143 e. The van der Waals surface area contributed by atoms with Gasteiger partial charge in [0.05, 0.1) is 6.04 Å². The van der Waals surface area contributed by atoms with Gasteiger partial charge in [-0.25, -0.2) is 0 Å². The van der Waals surface area contributed by atoms with Gasteiger partial charge in [-0.15, -0.1) is 0 Å². The van der Waals surface area contributed by atoms with Gasteiger partial charge in [0, 0.05) is 25.3 Å². The normalized spacial score (nSPS) is 22.0. The number of nitrogens with one attached hydrogen (secondary N) is 1. The number of para-hydroxylation sites is 1. The summed E-state index contributed by atoms with van der Waals surface area (Å²) in [5.74, 6) is 0. The third kappa shape index (κ3) is 1.77. The van der Waals surface area contributed by atoms with E-state index in [1.807, 2.05) is 30.3 Å². The molecule has 0 spiro atoms. The zero-order chi connectivity index (χ0) is 9.80. The minimum Gasteiger partial charge on any atom is -0.359 e. The molecule has 1 unspecified atom stereocenters. The molecule has 3 heteroatoms. The number of benzene rings is 1. The van der Waals surface area contributed by atoms with E-state index in [9.17, 15) is 4.79 Å². The summed E-state index contributed by atoms with van der Waals surface area (Å²) < 4.78 is 0. The molecule has 1 aromatic rings. The fraction of sp³-hybridized carbons (Fsp3) is 0.364. The minimum absolute atomic E-state index is 0.0221. The van der Waals surface area contributed by atoms with Crippen molar-refractivity contribution in [3.05, 3.63) is 30.3 Å². The highest BCUT2D eigenvalue weighted by Gasteiger charge is 2.20. The van der Waals surface area contributed by atoms with Crippen LogP contribution in [0.5, 0.6) is 0 Å². The summed E-state index contributed by atoms with van der Waals surface area (Å²) in [6.45, 7) is 2.59. The first-order valence-corrected chi connectivity index (χ1v) is 4.89. The van der Waals surface area contributed by atoms with Crippen LogP contribution in [0.25, 0.3) is 0 Å². The molecule has 1 N–H and O–H groups in total. The lowest BCUT2D eigenvalue weighted by Gasteiger charge is -2.34. The molecule has 1 aromatic carbocycles. The Morgan fingerprint density at radius 1 is 1.36 bits per heavy atom. The Hall–Kier alpha value is -1.35. The number of nitrogens with zero attached hydrogens (tertiary/aromatic N) is 1. The largest absolute Gasteiger partial charge is 0.359 e. The summed E-state index contributed by atoms with van der Waals surface area (Å²) in [6.07, 6.45) is 1.01. The summed E-state index contributed by atoms with van der Waals surface area (Å²) in [4.78, 5) is 13.0. The van der Waals surface area contributed by atoms with E-state index in [4.69, 9.17) is 0 Å². The monoisotopic (exact) mass is 190 g/mol. The van der Waals surface area contributed by atoms with Crippen LogP contribution in [0, 0.1) is 0 Å². The van der Waals surface area contributed by atoms with E-state index in [1.165, 1.54) is 0 Å². The number of carbonyl (C=O) groups is 1. The van der Waals surface area contributed by atoms with Crippen LogP contribution in [0.3, 0.4) is 0 Å². The van der Waals surface area contributed by atoms with E-state index < -0.39 is 0 Å². The summed E-state index contributed by atoms with van der Waals surface area (Å²) >= 11 is 0. The lowest BCUT2D eigenvalue weighted by molar-refractivity contribution is -0.109. The van der Waals surface area contributed by atoms with Crippen molar-refractivity contribution in [1.82, 2.24) is 5.32 Å². The van der Waals surface area contributed by atoms with Gasteiger partial charge in [0.2, 0.25) is 0 Å². The van der Waals surface area contributed by atoms with Crippen LogP contribution in [0.4, 0.5) is 5.69 Å². The van der Waals surface area contributed by atoms with Gasteiger partial charge in [-0.3, -0.25) is 0 Å². The van der Waals surface area contributed by atoms with Crippen molar-refractivity contribution in [2.75, 3.05) is 24.5 Å². The maximum absolute atomic E-state index is 10.9. The summed E-state index contributed by atoms with van der Waals surface area (Å²) in [5, 5.41) is 3.21. The van der Waals surface area contributed by atoms with E-state index in [0.29, 0.717) is 0 Å². The second-order valence-electron chi connectivity index (χ2n) is 3.44. The van der Waals surface area contributed by atoms with Crippen molar-refractivity contribution in [3.8, 4) is 0 Å². The van der Waals surface area contributed by atoms with Gasteiger partial charge in [-0.2, -0.15) is 0 Å². The molecule has 1 heterocycles. The van der Waals surface area contributed by atoms with Crippen molar-refractivity contribution < 1.29 is 4.79 Å². The first-order valence-electron chi connectivity index (χ1n) is 4.89. The van der Waals surface area contributed by atoms with Gasteiger partial charge in [-0.05, 0) is 12.1 Å². The maximum atomic E-state index is 10.9. The Bertz CT molecular complexity index is 299. The summed E-state index contributed by atoms with van der Waals surface area (Å²) in [7, 11) is 0. The Morgan fingerprint density at radius 3 is 2.86 bits per heavy atom. The number of aldehydes is 1. The fourth-order valence-electron chi connectivity index (χ4n) is 1.79. The van der Waals surface area contributed by atoms with Gasteiger partial charge in [0.25, 0.3) is 0 Å². The quantitative estimate of drug-likeness (QED) is 0.695. The van der Waals surface area contributed by atoms with Crippen LogP contribution < -0.4 is 10.2 Å². The van der Waals surface area contributed by atoms with E-state index in [0.717, 1.165) is 31.6 Å². The average Bonchev–Trinajstić information content (AvgIpc) is 2.30. The van der Waals surface area contributed by atoms with Crippen LogP contribution in [-0.2, 0) is 4.79 Å². The molecule has 14 heavy (non-hydrogen) atoms. The molecule has 0 aromatic heterocycles. The zero-order valence-corrected chi connectivity index (χ0v) is 8.02. The van der Waals surface area contributed by atoms with Crippen LogP contribution in [0.2, 0.25) is 0 Å². The SMILES string of the molecule is O=CC1CNCCN1c1ccccc1. The molecule has 0 aliphatic carbocycles. The molecule has 2 rings (SSSR count). The van der Waals surface area contributed by atoms with Crippen LogP contribution in [-0.4, -0.2) is 32.0 Å². The number of rotatable bonds is 2. The molecule has 0 radical (unpaired) electrons. The molecule has 0 saturated carbocycles. The third-order valence-electron chi connectivity index (χ3n) is 2.53. The molecule has 3 nitrogen and oxygen atoms in total. The molecule has 0 bridgehead atoms. The highest BCUT2D eigenvalue weighted by atomic mass is 16.1. The van der Waals surface area contributed by atoms with Crippen LogP contribution >= 0.6 is 0 Å². The Kier molecular flexibility index (Phi) is 2.79. The average molecular weight is 190 g/mol. The third-order valence-corrected chi connectivity index (χ3v) is 2.53. The van der Waals surface area contributed by atoms with Crippen molar-refractivity contribution in [1.29, 1.82) is 0 Å². The topological polar surface area (TPSA) is 32.3 Å². The Morgan fingerprint density at radius 2 is 2.14 bits per heavy atom. The van der Waals surface area contributed by atoms with Gasteiger partial charge in [0.1, 0.15) is 6.29 Å². The molecule has 1 fully saturated rings. The second kappa shape index (κ2) is 4.24. The number of hydrogen-bond acceptors (Lipinski definition) is 3. The minimum atomic E-state index is -0.0221. The van der Waals surface area contributed by atoms with Crippen molar-refractivity contribution in [2.24, 2.45) is 0 Å². The van der Waals surface area contributed by atoms with Gasteiger partial charge >= 0.3 is 0 Å². The fourth-order valence-corrected chi connectivity index (χ4v) is 1.79. The van der Waals surface area contributed by atoms with Crippen LogP contribution in [0.15, 0.2) is 30.3 Å². The van der Waals surface area contributed by atoms with E-state index >= 15 is 0 Å². The number of hydrogen-bond donors (Lipinski definition) is 1. The number of piperazine rings is 1. The summed E-state index contributed by atoms with van der Waals surface area (Å²) in [5.41, 5.74) is 1.13. The first-order chi connectivity index (χ1) is 6.92. The standard InChI is InChI=1S/C11H14N2O/c14-9-11-8-12-6-7-13(11)10-4-2-1-3-5-10/h1-5,9,11-12H,6-8H2. The van der Waals surface area contributed by atoms with E-state index in [1.54, 1.807) is 0 Å². The molecular formula is C11H14N2O. The molecule has 1 saturated heterocycles. The molecule has 1 aliphatic rings. The smallest absolute Gasteiger partial charge is 0.143 e. The highest BCUT2D eigenvalue weighted by Crippen LogP contribution is 2.16.